The van der Waals surface area contributed by atoms with E-state index in [2.05, 4.69) is 9.37 Å². The van der Waals surface area contributed by atoms with Gasteiger partial charge in [-0.2, -0.15) is 0 Å². The van der Waals surface area contributed by atoms with E-state index in [1.54, 1.807) is 0 Å². The van der Waals surface area contributed by atoms with Gasteiger partial charge >= 0.3 is 0 Å². The Morgan fingerprint density at radius 2 is 2.00 bits per heavy atom. The Kier molecular flexibility index (Phi) is 5.58. The molecule has 14 heavy (non-hydrogen) atoms. The van der Waals surface area contributed by atoms with Crippen LogP contribution < -0.4 is 0 Å². The van der Waals surface area contributed by atoms with Crippen molar-refractivity contribution in [3.8, 4) is 0 Å². The molecule has 2 N–H and O–H groups in total. The highest BCUT2D eigenvalue weighted by Gasteiger charge is 2.06. The molecule has 0 saturated heterocycles. The summed E-state index contributed by atoms with van der Waals surface area (Å²) < 4.78 is 4.11. The Balaban J connectivity index is 2.20. The lowest BCUT2D eigenvalue weighted by atomic mass is 10.1. The lowest BCUT2D eigenvalue weighted by Crippen LogP contribution is -2.03. The summed E-state index contributed by atoms with van der Waals surface area (Å²) in [5, 5.41) is 20.5. The predicted molar refractivity (Wildman–Crippen MR) is 53.2 cm³/mol. The third-order valence-corrected chi connectivity index (χ3v) is 2.30. The number of aliphatic hydroxyl groups excluding tert-OH is 1. The summed E-state index contributed by atoms with van der Waals surface area (Å²) in [6.07, 6.45) is 1.29. The van der Waals surface area contributed by atoms with Crippen LogP contribution in [0.2, 0.25) is 0 Å². The van der Waals surface area contributed by atoms with Crippen LogP contribution in [0.5, 0.6) is 0 Å². The quantitative estimate of drug-likeness (QED) is 0.329. The molecule has 0 heterocycles. The van der Waals surface area contributed by atoms with Gasteiger partial charge < -0.3 is 5.11 Å². The van der Waals surface area contributed by atoms with E-state index in [0.29, 0.717) is 18.5 Å². The monoisotopic (exact) mass is 216 g/mol. The zero-order valence-electron chi connectivity index (χ0n) is 7.50. The molecule has 0 aromatic heterocycles. The minimum absolute atomic E-state index is 0.540. The molecular weight excluding hydrogens is 204 g/mol. The van der Waals surface area contributed by atoms with E-state index >= 15 is 0 Å². The molecule has 0 amide bonds. The largest absolute Gasteiger partial charge is 0.380 e. The van der Waals surface area contributed by atoms with Crippen molar-refractivity contribution in [2.24, 2.45) is 0 Å². The standard InChI is InChI=1S/C9H12O4S/c10-9(14-13-12-11)7-6-8-4-2-1-3-5-8/h1-5,9-11H,6-7H2. The summed E-state index contributed by atoms with van der Waals surface area (Å²) in [4.78, 5) is 0. The van der Waals surface area contributed by atoms with Crippen LogP contribution in [-0.4, -0.2) is 15.8 Å². The van der Waals surface area contributed by atoms with Crippen molar-refractivity contribution in [3.05, 3.63) is 35.9 Å². The van der Waals surface area contributed by atoms with Gasteiger partial charge in [0.1, 0.15) is 5.44 Å². The van der Waals surface area contributed by atoms with Crippen molar-refractivity contribution in [2.45, 2.75) is 18.3 Å². The number of rotatable bonds is 6. The number of aliphatic hydroxyl groups is 1. The van der Waals surface area contributed by atoms with Crippen molar-refractivity contribution in [3.63, 3.8) is 0 Å². The molecule has 1 unspecified atom stereocenters. The molecule has 4 nitrogen and oxygen atoms in total. The molecule has 1 rings (SSSR count). The fourth-order valence-corrected chi connectivity index (χ4v) is 1.39. The Bertz CT molecular complexity index is 242. The minimum atomic E-state index is -0.706. The maximum atomic E-state index is 9.29. The third-order valence-electron chi connectivity index (χ3n) is 1.70. The van der Waals surface area contributed by atoms with Gasteiger partial charge in [-0.25, -0.2) is 5.26 Å². The van der Waals surface area contributed by atoms with Crippen LogP contribution in [-0.2, 0) is 15.8 Å². The normalized spacial score (nSPS) is 12.7. The van der Waals surface area contributed by atoms with Gasteiger partial charge in [0.15, 0.2) is 0 Å². The van der Waals surface area contributed by atoms with Crippen LogP contribution in [0.3, 0.4) is 0 Å². The summed E-state index contributed by atoms with van der Waals surface area (Å²) >= 11 is 0.679. The second-order valence-corrected chi connectivity index (χ2v) is 3.59. The van der Waals surface area contributed by atoms with E-state index in [-0.39, 0.29) is 0 Å². The Labute approximate surface area is 86.5 Å². The minimum Gasteiger partial charge on any atom is -0.380 e. The topological polar surface area (TPSA) is 58.9 Å². The highest BCUT2D eigenvalue weighted by Crippen LogP contribution is 2.15. The molecule has 5 heteroatoms. The molecule has 0 saturated carbocycles. The van der Waals surface area contributed by atoms with Crippen LogP contribution in [0.25, 0.3) is 0 Å². The van der Waals surface area contributed by atoms with Gasteiger partial charge in [0.2, 0.25) is 0 Å². The van der Waals surface area contributed by atoms with Gasteiger partial charge in [0.25, 0.3) is 0 Å². The first-order valence-corrected chi connectivity index (χ1v) is 4.99. The zero-order chi connectivity index (χ0) is 10.2. The van der Waals surface area contributed by atoms with Gasteiger partial charge in [-0.3, -0.25) is 0 Å². The number of hydrogen-bond donors (Lipinski definition) is 2. The molecule has 0 spiro atoms. The maximum absolute atomic E-state index is 9.29. The summed E-state index contributed by atoms with van der Waals surface area (Å²) in [6, 6.07) is 9.81. The van der Waals surface area contributed by atoms with Crippen LogP contribution >= 0.6 is 12.0 Å². The fraction of sp³-hybridized carbons (Fsp3) is 0.333. The number of aryl methyl sites for hydroxylation is 1. The van der Waals surface area contributed by atoms with Crippen LogP contribution in [0.15, 0.2) is 30.3 Å². The second-order valence-electron chi connectivity index (χ2n) is 2.72. The highest BCUT2D eigenvalue weighted by atomic mass is 32.2. The Morgan fingerprint density at radius 3 is 2.64 bits per heavy atom. The third kappa shape index (κ3) is 4.59. The van der Waals surface area contributed by atoms with Gasteiger partial charge in [-0.1, -0.05) is 35.4 Å². The molecule has 0 aliphatic rings. The van der Waals surface area contributed by atoms with Gasteiger partial charge in [0.05, 0.1) is 12.0 Å². The molecule has 1 atom stereocenters. The molecule has 0 aliphatic carbocycles. The van der Waals surface area contributed by atoms with Crippen molar-refractivity contribution >= 4 is 12.0 Å². The van der Waals surface area contributed by atoms with Crippen molar-refractivity contribution in [1.82, 2.24) is 0 Å². The predicted octanol–water partition coefficient (Wildman–Crippen LogP) is 2.01. The smallest absolute Gasteiger partial charge is 0.129 e. The second kappa shape index (κ2) is 6.80. The van der Waals surface area contributed by atoms with E-state index in [0.717, 1.165) is 12.0 Å². The first kappa shape index (κ1) is 11.5. The summed E-state index contributed by atoms with van der Waals surface area (Å²) in [5.74, 6) is 0. The fourth-order valence-electron chi connectivity index (χ4n) is 1.05. The Morgan fingerprint density at radius 1 is 1.29 bits per heavy atom. The molecule has 0 radical (unpaired) electrons. The number of benzene rings is 1. The van der Waals surface area contributed by atoms with E-state index in [9.17, 15) is 5.11 Å². The van der Waals surface area contributed by atoms with E-state index in [4.69, 9.17) is 5.26 Å². The molecule has 78 valence electrons. The van der Waals surface area contributed by atoms with E-state index < -0.39 is 5.44 Å². The lowest BCUT2D eigenvalue weighted by molar-refractivity contribution is -0.432. The first-order chi connectivity index (χ1) is 6.83. The van der Waals surface area contributed by atoms with Crippen LogP contribution in [0.4, 0.5) is 0 Å². The maximum Gasteiger partial charge on any atom is 0.129 e. The summed E-state index contributed by atoms with van der Waals surface area (Å²) in [7, 11) is 0. The molecule has 1 aromatic carbocycles. The highest BCUT2D eigenvalue weighted by molar-refractivity contribution is 7.95. The molecular formula is C9H12O4S. The average molecular weight is 216 g/mol. The van der Waals surface area contributed by atoms with Crippen molar-refractivity contribution < 1.29 is 19.7 Å². The molecule has 0 bridgehead atoms. The van der Waals surface area contributed by atoms with Gasteiger partial charge in [0, 0.05) is 0 Å². The van der Waals surface area contributed by atoms with Crippen molar-refractivity contribution in [2.75, 3.05) is 0 Å². The number of hydrogen-bond acceptors (Lipinski definition) is 5. The van der Waals surface area contributed by atoms with Crippen LogP contribution in [0, 0.1) is 0 Å². The SMILES string of the molecule is OOOSC(O)CCc1ccccc1. The molecule has 1 aromatic rings. The van der Waals surface area contributed by atoms with E-state index in [1.165, 1.54) is 0 Å². The van der Waals surface area contributed by atoms with Crippen molar-refractivity contribution in [1.29, 1.82) is 0 Å². The average Bonchev–Trinajstić information content (AvgIpc) is 2.25. The van der Waals surface area contributed by atoms with Crippen LogP contribution in [0.1, 0.15) is 12.0 Å². The first-order valence-electron chi connectivity index (χ1n) is 4.18. The zero-order valence-corrected chi connectivity index (χ0v) is 8.31. The molecule has 0 aliphatic heterocycles. The summed E-state index contributed by atoms with van der Waals surface area (Å²) in [5.41, 5.74) is 0.444. The summed E-state index contributed by atoms with van der Waals surface area (Å²) in [6.45, 7) is 0. The van der Waals surface area contributed by atoms with Gasteiger partial charge in [-0.05, 0) is 18.4 Å². The van der Waals surface area contributed by atoms with Gasteiger partial charge in [-0.15, -0.1) is 4.33 Å². The Hall–Kier alpha value is -0.590. The van der Waals surface area contributed by atoms with E-state index in [1.807, 2.05) is 30.3 Å². The lowest BCUT2D eigenvalue weighted by Gasteiger charge is -2.06. The molecule has 0 fully saturated rings.